The first-order chi connectivity index (χ1) is 10.1. The molecule has 1 unspecified atom stereocenters. The largest absolute Gasteiger partial charge is 0.490 e. The van der Waals surface area contributed by atoms with Crippen molar-refractivity contribution in [3.63, 3.8) is 0 Å². The first kappa shape index (κ1) is 16.5. The topological polar surface area (TPSA) is 29.5 Å². The molecule has 1 aromatic carbocycles. The molecular weight excluding hydrogens is 445 g/mol. The van der Waals surface area contributed by atoms with Crippen molar-refractivity contribution >= 4 is 50.1 Å². The Morgan fingerprint density at radius 1 is 1.57 bits per heavy atom. The Morgan fingerprint density at radius 3 is 2.95 bits per heavy atom. The van der Waals surface area contributed by atoms with Gasteiger partial charge in [-0.2, -0.15) is 0 Å². The second-order valence-electron chi connectivity index (χ2n) is 4.62. The predicted molar refractivity (Wildman–Crippen MR) is 97.6 cm³/mol. The molecule has 5 heteroatoms. The maximum absolute atomic E-state index is 12.3. The lowest BCUT2D eigenvalue weighted by molar-refractivity contribution is -0.127. The van der Waals surface area contributed by atoms with Crippen molar-refractivity contribution in [1.29, 1.82) is 0 Å². The van der Waals surface area contributed by atoms with Gasteiger partial charge in [-0.3, -0.25) is 4.79 Å². The fraction of sp³-hybridized carbons (Fsp3) is 0.312. The Bertz CT molecular complexity index is 586. The number of ether oxygens (including phenoxy) is 1. The second-order valence-corrected chi connectivity index (χ2v) is 6.97. The Balaban J connectivity index is 2.32. The van der Waals surface area contributed by atoms with Crippen LogP contribution in [0.4, 0.5) is 0 Å². The molecule has 1 atom stereocenters. The van der Waals surface area contributed by atoms with Gasteiger partial charge >= 0.3 is 0 Å². The van der Waals surface area contributed by atoms with Crippen molar-refractivity contribution in [2.75, 3.05) is 13.2 Å². The minimum atomic E-state index is 0.0280. The number of amides is 1. The Kier molecular flexibility index (Phi) is 5.87. The summed E-state index contributed by atoms with van der Waals surface area (Å²) in [7, 11) is 0. The molecular formula is C16H17BrINO2. The summed E-state index contributed by atoms with van der Waals surface area (Å²) in [6.07, 6.45) is 4.61. The van der Waals surface area contributed by atoms with Crippen LogP contribution in [0.2, 0.25) is 0 Å². The van der Waals surface area contributed by atoms with E-state index in [0.717, 1.165) is 27.9 Å². The van der Waals surface area contributed by atoms with Gasteiger partial charge in [-0.05, 0) is 47.5 Å². The molecule has 1 aromatic rings. The Labute approximate surface area is 147 Å². The number of benzene rings is 1. The first-order valence-corrected chi connectivity index (χ1v) is 8.81. The number of alkyl halides is 1. The van der Waals surface area contributed by atoms with E-state index in [-0.39, 0.29) is 9.83 Å². The molecule has 1 heterocycles. The summed E-state index contributed by atoms with van der Waals surface area (Å²) in [4.78, 5) is 14.1. The van der Waals surface area contributed by atoms with Crippen LogP contribution in [-0.4, -0.2) is 27.9 Å². The van der Waals surface area contributed by atoms with Gasteiger partial charge in [0, 0.05) is 22.3 Å². The highest BCUT2D eigenvalue weighted by Gasteiger charge is 2.28. The number of hydrogen-bond donors (Lipinski definition) is 0. The monoisotopic (exact) mass is 461 g/mol. The van der Waals surface area contributed by atoms with E-state index in [1.807, 2.05) is 30.0 Å². The summed E-state index contributed by atoms with van der Waals surface area (Å²) in [5.41, 5.74) is 1.98. The van der Waals surface area contributed by atoms with Gasteiger partial charge in [0.2, 0.25) is 5.91 Å². The molecule has 0 aliphatic carbocycles. The zero-order chi connectivity index (χ0) is 15.4. The highest BCUT2D eigenvalue weighted by atomic mass is 127. The van der Waals surface area contributed by atoms with Crippen LogP contribution >= 0.6 is 38.5 Å². The van der Waals surface area contributed by atoms with Crippen LogP contribution in [0.25, 0.3) is 5.70 Å². The third-order valence-corrected chi connectivity index (χ3v) is 4.94. The summed E-state index contributed by atoms with van der Waals surface area (Å²) in [5.74, 6) is 0.956. The van der Waals surface area contributed by atoms with E-state index in [4.69, 9.17) is 4.74 Å². The van der Waals surface area contributed by atoms with Gasteiger partial charge in [0.05, 0.1) is 3.92 Å². The van der Waals surface area contributed by atoms with E-state index in [1.165, 1.54) is 0 Å². The van der Waals surface area contributed by atoms with E-state index >= 15 is 0 Å². The van der Waals surface area contributed by atoms with Gasteiger partial charge in [-0.25, -0.2) is 0 Å². The molecule has 3 nitrogen and oxygen atoms in total. The van der Waals surface area contributed by atoms with Crippen LogP contribution in [0.15, 0.2) is 41.4 Å². The van der Waals surface area contributed by atoms with Crippen LogP contribution in [-0.2, 0) is 4.79 Å². The highest BCUT2D eigenvalue weighted by Crippen LogP contribution is 2.34. The summed E-state index contributed by atoms with van der Waals surface area (Å²) in [5, 5.41) is 0. The predicted octanol–water partition coefficient (Wildman–Crippen LogP) is 4.41. The molecule has 0 aromatic heterocycles. The maximum atomic E-state index is 12.3. The lowest BCUT2D eigenvalue weighted by Gasteiger charge is -2.31. The van der Waals surface area contributed by atoms with Crippen molar-refractivity contribution in [2.45, 2.75) is 17.3 Å². The molecule has 0 N–H and O–H groups in total. The maximum Gasteiger partial charge on any atom is 0.240 e. The zero-order valence-corrected chi connectivity index (χ0v) is 15.6. The minimum absolute atomic E-state index is 0.0280. The van der Waals surface area contributed by atoms with Gasteiger partial charge in [0.1, 0.15) is 12.4 Å². The van der Waals surface area contributed by atoms with Gasteiger partial charge in [0.25, 0.3) is 0 Å². The quantitative estimate of drug-likeness (QED) is 0.369. The fourth-order valence-electron chi connectivity index (χ4n) is 2.24. The summed E-state index contributed by atoms with van der Waals surface area (Å²) >= 11 is 5.78. The van der Waals surface area contributed by atoms with Gasteiger partial charge < -0.3 is 9.64 Å². The summed E-state index contributed by atoms with van der Waals surface area (Å²) in [6.45, 7) is 6.78. The van der Waals surface area contributed by atoms with Crippen LogP contribution in [0.1, 0.15) is 18.9 Å². The SMILES string of the molecule is C=CCOc1ccc(C2=CCC(I)C(=O)N2CC)c(Br)c1. The number of rotatable bonds is 5. The van der Waals surface area contributed by atoms with Crippen molar-refractivity contribution in [1.82, 2.24) is 4.90 Å². The molecule has 0 bridgehead atoms. The molecule has 0 radical (unpaired) electrons. The summed E-state index contributed by atoms with van der Waals surface area (Å²) in [6, 6.07) is 5.82. The van der Waals surface area contributed by atoms with Crippen molar-refractivity contribution in [2.24, 2.45) is 0 Å². The van der Waals surface area contributed by atoms with Crippen LogP contribution < -0.4 is 4.74 Å². The third kappa shape index (κ3) is 3.69. The molecule has 112 valence electrons. The molecule has 1 aliphatic heterocycles. The standard InChI is InChI=1S/C16H17BrINO2/c1-3-9-21-11-5-6-12(13(17)10-11)15-8-7-14(18)16(20)19(15)4-2/h3,5-6,8,10,14H,1,4,7,9H2,2H3. The Hall–Kier alpha value is -0.820. The molecule has 21 heavy (non-hydrogen) atoms. The smallest absolute Gasteiger partial charge is 0.240 e. The van der Waals surface area contributed by atoms with Gasteiger partial charge in [0.15, 0.2) is 0 Å². The lowest BCUT2D eigenvalue weighted by Crippen LogP contribution is -2.38. The van der Waals surface area contributed by atoms with E-state index in [1.54, 1.807) is 6.08 Å². The van der Waals surface area contributed by atoms with Crippen molar-refractivity contribution in [3.05, 3.63) is 47.0 Å². The Morgan fingerprint density at radius 2 is 2.33 bits per heavy atom. The molecule has 0 saturated heterocycles. The fourth-order valence-corrected chi connectivity index (χ4v) is 3.40. The average Bonchev–Trinajstić information content (AvgIpc) is 2.48. The second kappa shape index (κ2) is 7.45. The molecule has 0 fully saturated rings. The number of allylic oxidation sites excluding steroid dienone is 1. The number of nitrogens with zero attached hydrogens (tertiary/aromatic N) is 1. The van der Waals surface area contributed by atoms with E-state index in [2.05, 4.69) is 51.2 Å². The van der Waals surface area contributed by atoms with Crippen LogP contribution in [0.5, 0.6) is 5.75 Å². The van der Waals surface area contributed by atoms with E-state index in [9.17, 15) is 4.79 Å². The zero-order valence-electron chi connectivity index (χ0n) is 11.8. The van der Waals surface area contributed by atoms with E-state index < -0.39 is 0 Å². The van der Waals surface area contributed by atoms with Crippen LogP contribution in [0.3, 0.4) is 0 Å². The number of hydrogen-bond acceptors (Lipinski definition) is 2. The molecule has 0 spiro atoms. The normalized spacial score (nSPS) is 18.4. The number of carbonyl (C=O) groups is 1. The average molecular weight is 462 g/mol. The van der Waals surface area contributed by atoms with Crippen molar-refractivity contribution in [3.8, 4) is 5.75 Å². The van der Waals surface area contributed by atoms with Crippen molar-refractivity contribution < 1.29 is 9.53 Å². The minimum Gasteiger partial charge on any atom is -0.490 e. The third-order valence-electron chi connectivity index (χ3n) is 3.24. The summed E-state index contributed by atoms with van der Waals surface area (Å²) < 4.78 is 6.47. The highest BCUT2D eigenvalue weighted by molar-refractivity contribution is 14.1. The molecule has 2 rings (SSSR count). The van der Waals surface area contributed by atoms with Crippen LogP contribution in [0, 0.1) is 0 Å². The number of carbonyl (C=O) groups excluding carboxylic acids is 1. The van der Waals surface area contributed by atoms with E-state index in [0.29, 0.717) is 13.2 Å². The van der Waals surface area contributed by atoms with Gasteiger partial charge in [-0.1, -0.05) is 41.3 Å². The molecule has 0 saturated carbocycles. The molecule has 1 amide bonds. The first-order valence-electron chi connectivity index (χ1n) is 6.77. The van der Waals surface area contributed by atoms with Gasteiger partial charge in [-0.15, -0.1) is 0 Å². The lowest BCUT2D eigenvalue weighted by atomic mass is 10.0. The number of halogens is 2. The molecule has 1 aliphatic rings.